The molecule has 0 amide bonds. The van der Waals surface area contributed by atoms with Gasteiger partial charge in [-0.05, 0) is 24.5 Å². The minimum Gasteiger partial charge on any atom is -0.383 e. The number of benzene rings is 1. The lowest BCUT2D eigenvalue weighted by Gasteiger charge is -2.24. The maximum absolute atomic E-state index is 14.0. The second-order valence-electron chi connectivity index (χ2n) is 5.46. The third-order valence-electron chi connectivity index (χ3n) is 4.07. The van der Waals surface area contributed by atoms with E-state index in [9.17, 15) is 8.78 Å². The van der Waals surface area contributed by atoms with E-state index in [0.29, 0.717) is 22.9 Å². The Morgan fingerprint density at radius 3 is 2.70 bits per heavy atom. The fraction of sp³-hybridized carbons (Fsp3) is 0.400. The minimum atomic E-state index is -0.598. The van der Waals surface area contributed by atoms with E-state index in [-0.39, 0.29) is 0 Å². The number of aromatic nitrogens is 2. The monoisotopic (exact) mass is 277 g/mol. The maximum atomic E-state index is 14.0. The van der Waals surface area contributed by atoms with Crippen LogP contribution in [0.25, 0.3) is 11.1 Å². The van der Waals surface area contributed by atoms with Crippen molar-refractivity contribution in [3.8, 4) is 11.1 Å². The van der Waals surface area contributed by atoms with E-state index in [2.05, 4.69) is 5.10 Å². The van der Waals surface area contributed by atoms with E-state index in [1.165, 1.54) is 31.4 Å². The lowest BCUT2D eigenvalue weighted by molar-refractivity contribution is 0.311. The molecule has 1 aromatic heterocycles. The van der Waals surface area contributed by atoms with Crippen molar-refractivity contribution in [2.24, 2.45) is 13.0 Å². The van der Waals surface area contributed by atoms with Gasteiger partial charge in [0.25, 0.3) is 0 Å². The first-order chi connectivity index (χ1) is 9.56. The minimum absolute atomic E-state index is 0.325. The average Bonchev–Trinajstić information content (AvgIpc) is 2.61. The van der Waals surface area contributed by atoms with Gasteiger partial charge in [-0.2, -0.15) is 5.10 Å². The van der Waals surface area contributed by atoms with Crippen molar-refractivity contribution in [3.05, 3.63) is 35.5 Å². The highest BCUT2D eigenvalue weighted by atomic mass is 19.1. The van der Waals surface area contributed by atoms with Crippen LogP contribution in [-0.2, 0) is 13.5 Å². The molecule has 1 aliphatic carbocycles. The first-order valence-electron chi connectivity index (χ1n) is 6.83. The van der Waals surface area contributed by atoms with E-state index in [1.807, 2.05) is 0 Å². The van der Waals surface area contributed by atoms with Crippen LogP contribution in [0.3, 0.4) is 0 Å². The Balaban J connectivity index is 2.06. The number of hydrogen-bond acceptors (Lipinski definition) is 2. The van der Waals surface area contributed by atoms with Crippen LogP contribution in [0, 0.1) is 17.6 Å². The fourth-order valence-electron chi connectivity index (χ4n) is 2.69. The molecule has 2 aromatic rings. The van der Waals surface area contributed by atoms with Crippen LogP contribution in [0.1, 0.15) is 25.0 Å². The van der Waals surface area contributed by atoms with E-state index in [1.54, 1.807) is 11.7 Å². The van der Waals surface area contributed by atoms with Crippen LogP contribution in [0.2, 0.25) is 0 Å². The van der Waals surface area contributed by atoms with E-state index in [4.69, 9.17) is 5.73 Å². The number of halogens is 2. The predicted octanol–water partition coefficient (Wildman–Crippen LogP) is 3.29. The van der Waals surface area contributed by atoms with Gasteiger partial charge in [0.15, 0.2) is 0 Å². The van der Waals surface area contributed by atoms with Gasteiger partial charge in [0.2, 0.25) is 0 Å². The van der Waals surface area contributed by atoms with Gasteiger partial charge in [-0.15, -0.1) is 0 Å². The van der Waals surface area contributed by atoms with Crippen LogP contribution in [0.15, 0.2) is 18.2 Å². The van der Waals surface area contributed by atoms with Gasteiger partial charge in [-0.25, -0.2) is 8.78 Å². The molecule has 0 saturated heterocycles. The molecule has 0 bridgehead atoms. The molecule has 0 spiro atoms. The lowest BCUT2D eigenvalue weighted by Crippen LogP contribution is -2.14. The van der Waals surface area contributed by atoms with Crippen LogP contribution in [-0.4, -0.2) is 9.78 Å². The molecule has 3 nitrogen and oxygen atoms in total. The molecule has 0 radical (unpaired) electrons. The molecule has 0 unspecified atom stereocenters. The van der Waals surface area contributed by atoms with Crippen molar-refractivity contribution in [2.45, 2.75) is 25.7 Å². The molecule has 106 valence electrons. The zero-order valence-corrected chi connectivity index (χ0v) is 11.4. The Bertz CT molecular complexity index is 645. The van der Waals surface area contributed by atoms with Crippen LogP contribution < -0.4 is 5.73 Å². The Kier molecular flexibility index (Phi) is 3.20. The maximum Gasteiger partial charge on any atom is 0.134 e. The summed E-state index contributed by atoms with van der Waals surface area (Å²) in [6, 6.07) is 3.56. The van der Waals surface area contributed by atoms with Gasteiger partial charge in [0.05, 0.1) is 5.69 Å². The Morgan fingerprint density at radius 2 is 2.10 bits per heavy atom. The molecule has 3 rings (SSSR count). The van der Waals surface area contributed by atoms with Crippen LogP contribution in [0.5, 0.6) is 0 Å². The predicted molar refractivity (Wildman–Crippen MR) is 74.0 cm³/mol. The molecule has 2 N–H and O–H groups in total. The number of nitrogens with two attached hydrogens (primary N) is 1. The van der Waals surface area contributed by atoms with Crippen molar-refractivity contribution < 1.29 is 8.78 Å². The van der Waals surface area contributed by atoms with Crippen molar-refractivity contribution in [2.75, 3.05) is 5.73 Å². The van der Waals surface area contributed by atoms with Gasteiger partial charge in [0.1, 0.15) is 17.5 Å². The highest BCUT2D eigenvalue weighted by Crippen LogP contribution is 2.36. The Labute approximate surface area is 116 Å². The van der Waals surface area contributed by atoms with Gasteiger partial charge < -0.3 is 5.73 Å². The number of nitrogen functional groups attached to an aromatic ring is 1. The summed E-state index contributed by atoms with van der Waals surface area (Å²) in [5.74, 6) is -0.162. The molecule has 1 aliphatic rings. The van der Waals surface area contributed by atoms with Gasteiger partial charge in [0, 0.05) is 24.2 Å². The SMILES string of the molecule is Cn1nc(CC2CCC2)c(-c2ccc(F)cc2F)c1N. The van der Waals surface area contributed by atoms with Crippen molar-refractivity contribution in [1.82, 2.24) is 9.78 Å². The molecule has 5 heteroatoms. The highest BCUT2D eigenvalue weighted by molar-refractivity contribution is 5.77. The van der Waals surface area contributed by atoms with E-state index < -0.39 is 11.6 Å². The standard InChI is InChI=1S/C15H17F2N3/c1-20-15(18)14(11-6-5-10(16)8-12(11)17)13(19-20)7-9-3-2-4-9/h5-6,8-9H,2-4,7,18H2,1H3. The molecular formula is C15H17F2N3. The quantitative estimate of drug-likeness (QED) is 0.935. The largest absolute Gasteiger partial charge is 0.383 e. The molecule has 1 heterocycles. The summed E-state index contributed by atoms with van der Waals surface area (Å²) < 4.78 is 28.6. The summed E-state index contributed by atoms with van der Waals surface area (Å²) in [4.78, 5) is 0. The summed E-state index contributed by atoms with van der Waals surface area (Å²) in [6.45, 7) is 0. The molecule has 1 saturated carbocycles. The number of aryl methyl sites for hydroxylation is 1. The average molecular weight is 277 g/mol. The fourth-order valence-corrected chi connectivity index (χ4v) is 2.69. The number of anilines is 1. The molecular weight excluding hydrogens is 260 g/mol. The topological polar surface area (TPSA) is 43.8 Å². The number of nitrogens with zero attached hydrogens (tertiary/aromatic N) is 2. The second-order valence-corrected chi connectivity index (χ2v) is 5.46. The van der Waals surface area contributed by atoms with E-state index in [0.717, 1.165) is 18.2 Å². The molecule has 0 atom stereocenters. The summed E-state index contributed by atoms with van der Waals surface area (Å²) in [5.41, 5.74) is 7.76. The third kappa shape index (κ3) is 2.17. The Hall–Kier alpha value is -1.91. The first-order valence-corrected chi connectivity index (χ1v) is 6.83. The number of hydrogen-bond donors (Lipinski definition) is 1. The zero-order valence-electron chi connectivity index (χ0n) is 11.4. The van der Waals surface area contributed by atoms with Gasteiger partial charge >= 0.3 is 0 Å². The molecule has 0 aliphatic heterocycles. The van der Waals surface area contributed by atoms with Crippen molar-refractivity contribution in [3.63, 3.8) is 0 Å². The summed E-state index contributed by atoms with van der Waals surface area (Å²) in [5, 5.41) is 4.40. The lowest BCUT2D eigenvalue weighted by atomic mass is 9.81. The van der Waals surface area contributed by atoms with Crippen LogP contribution in [0.4, 0.5) is 14.6 Å². The highest BCUT2D eigenvalue weighted by Gasteiger charge is 2.24. The normalized spacial score (nSPS) is 15.3. The second kappa shape index (κ2) is 4.89. The van der Waals surface area contributed by atoms with Crippen molar-refractivity contribution in [1.29, 1.82) is 0 Å². The van der Waals surface area contributed by atoms with E-state index >= 15 is 0 Å². The summed E-state index contributed by atoms with van der Waals surface area (Å²) in [7, 11) is 1.74. The molecule has 20 heavy (non-hydrogen) atoms. The smallest absolute Gasteiger partial charge is 0.134 e. The molecule has 1 aromatic carbocycles. The zero-order chi connectivity index (χ0) is 14.3. The summed E-state index contributed by atoms with van der Waals surface area (Å²) in [6.07, 6.45) is 4.41. The molecule has 1 fully saturated rings. The third-order valence-corrected chi connectivity index (χ3v) is 4.07. The number of rotatable bonds is 3. The first kappa shape index (κ1) is 13.1. The van der Waals surface area contributed by atoms with Crippen molar-refractivity contribution >= 4 is 5.82 Å². The Morgan fingerprint density at radius 1 is 1.35 bits per heavy atom. The summed E-state index contributed by atoms with van der Waals surface area (Å²) >= 11 is 0. The van der Waals surface area contributed by atoms with Gasteiger partial charge in [-0.3, -0.25) is 4.68 Å². The van der Waals surface area contributed by atoms with Crippen LogP contribution >= 0.6 is 0 Å². The van der Waals surface area contributed by atoms with Gasteiger partial charge in [-0.1, -0.05) is 19.3 Å².